The lowest BCUT2D eigenvalue weighted by Crippen LogP contribution is -2.07. The van der Waals surface area contributed by atoms with Gasteiger partial charge in [0.15, 0.2) is 0 Å². The summed E-state index contributed by atoms with van der Waals surface area (Å²) < 4.78 is 1.59. The fourth-order valence-corrected chi connectivity index (χ4v) is 1.45. The van der Waals surface area contributed by atoms with E-state index in [4.69, 9.17) is 0 Å². The molecule has 0 radical (unpaired) electrons. The lowest BCUT2D eigenvalue weighted by Gasteiger charge is -1.97. The largest absolute Gasteiger partial charge is 0.299 e. The first-order chi connectivity index (χ1) is 7.74. The Balaban J connectivity index is 1.95. The van der Waals surface area contributed by atoms with Gasteiger partial charge in [-0.2, -0.15) is 0 Å². The first kappa shape index (κ1) is 10.5. The minimum absolute atomic E-state index is 0.0965. The average molecular weight is 216 g/mol. The first-order valence-corrected chi connectivity index (χ1v) is 5.01. The molecule has 16 heavy (non-hydrogen) atoms. The second-order valence-electron chi connectivity index (χ2n) is 3.60. The maximum Gasteiger partial charge on any atom is 0.144 e. The van der Waals surface area contributed by atoms with Crippen LogP contribution < -0.4 is 0 Å². The number of hydrogen-bond acceptors (Lipinski definition) is 4. The van der Waals surface area contributed by atoms with Crippen molar-refractivity contribution < 1.29 is 4.79 Å². The standard InChI is InChI=1S/C11H12N4O/c1-15-8-10(13-14-15)7-11(16)6-9-4-2-3-5-12-9/h2-5,8H,6-7H2,1H3. The van der Waals surface area contributed by atoms with Gasteiger partial charge in [0.1, 0.15) is 5.78 Å². The van der Waals surface area contributed by atoms with Gasteiger partial charge in [-0.15, -0.1) is 5.10 Å². The van der Waals surface area contributed by atoms with Crippen molar-refractivity contribution in [3.63, 3.8) is 0 Å². The number of Topliss-reactive ketones (excluding diaryl/α,β-unsaturated/α-hetero) is 1. The number of carbonyl (C=O) groups is 1. The number of pyridine rings is 1. The van der Waals surface area contributed by atoms with E-state index >= 15 is 0 Å². The normalized spacial score (nSPS) is 10.3. The van der Waals surface area contributed by atoms with E-state index in [1.165, 1.54) is 0 Å². The van der Waals surface area contributed by atoms with E-state index in [0.29, 0.717) is 18.5 Å². The molecule has 5 nitrogen and oxygen atoms in total. The van der Waals surface area contributed by atoms with Crippen LogP contribution in [0.2, 0.25) is 0 Å². The quantitative estimate of drug-likeness (QED) is 0.749. The molecule has 0 saturated heterocycles. The van der Waals surface area contributed by atoms with Gasteiger partial charge in [-0.25, -0.2) is 0 Å². The Morgan fingerprint density at radius 3 is 2.75 bits per heavy atom. The lowest BCUT2D eigenvalue weighted by atomic mass is 10.1. The highest BCUT2D eigenvalue weighted by Gasteiger charge is 2.08. The molecule has 2 aromatic rings. The summed E-state index contributed by atoms with van der Waals surface area (Å²) in [6, 6.07) is 5.54. The molecule has 5 heteroatoms. The summed E-state index contributed by atoms with van der Waals surface area (Å²) in [4.78, 5) is 15.8. The fraction of sp³-hybridized carbons (Fsp3) is 0.273. The van der Waals surface area contributed by atoms with Gasteiger partial charge in [0.2, 0.25) is 0 Å². The Morgan fingerprint density at radius 2 is 2.12 bits per heavy atom. The smallest absolute Gasteiger partial charge is 0.144 e. The summed E-state index contributed by atoms with van der Waals surface area (Å²) in [6.45, 7) is 0. The summed E-state index contributed by atoms with van der Waals surface area (Å²) in [5.41, 5.74) is 1.49. The molecule has 0 unspecified atom stereocenters. The molecular weight excluding hydrogens is 204 g/mol. The van der Waals surface area contributed by atoms with Crippen LogP contribution in [0.4, 0.5) is 0 Å². The zero-order chi connectivity index (χ0) is 11.4. The third-order valence-electron chi connectivity index (χ3n) is 2.13. The Kier molecular flexibility index (Phi) is 3.05. The zero-order valence-corrected chi connectivity index (χ0v) is 9.00. The lowest BCUT2D eigenvalue weighted by molar-refractivity contribution is -0.117. The van der Waals surface area contributed by atoms with Gasteiger partial charge in [-0.1, -0.05) is 11.3 Å². The zero-order valence-electron chi connectivity index (χ0n) is 9.00. The van der Waals surface area contributed by atoms with Crippen LogP contribution in [0.1, 0.15) is 11.4 Å². The predicted octanol–water partition coefficient (Wildman–Crippen LogP) is 0.564. The van der Waals surface area contributed by atoms with Crippen molar-refractivity contribution in [2.24, 2.45) is 7.05 Å². The molecular formula is C11H12N4O. The number of aromatic nitrogens is 4. The molecule has 2 rings (SSSR count). The van der Waals surface area contributed by atoms with E-state index in [2.05, 4.69) is 15.3 Å². The summed E-state index contributed by atoms with van der Waals surface area (Å²) in [7, 11) is 1.78. The van der Waals surface area contributed by atoms with Crippen LogP contribution in [0.15, 0.2) is 30.6 Å². The van der Waals surface area contributed by atoms with Gasteiger partial charge >= 0.3 is 0 Å². The fourth-order valence-electron chi connectivity index (χ4n) is 1.45. The van der Waals surface area contributed by atoms with E-state index in [1.807, 2.05) is 18.2 Å². The predicted molar refractivity (Wildman–Crippen MR) is 57.7 cm³/mol. The first-order valence-electron chi connectivity index (χ1n) is 5.01. The summed E-state index contributed by atoms with van der Waals surface area (Å²) in [6.07, 6.45) is 4.09. The van der Waals surface area contributed by atoms with E-state index in [1.54, 1.807) is 24.1 Å². The van der Waals surface area contributed by atoms with Gasteiger partial charge < -0.3 is 0 Å². The highest BCUT2D eigenvalue weighted by Crippen LogP contribution is 2.00. The minimum atomic E-state index is 0.0965. The van der Waals surface area contributed by atoms with Crippen LogP contribution in [-0.2, 0) is 24.7 Å². The molecule has 0 aliphatic rings. The molecule has 0 aliphatic heterocycles. The van der Waals surface area contributed by atoms with Crippen molar-refractivity contribution in [1.82, 2.24) is 20.0 Å². The monoisotopic (exact) mass is 216 g/mol. The highest BCUT2D eigenvalue weighted by atomic mass is 16.1. The van der Waals surface area contributed by atoms with Crippen LogP contribution in [0.3, 0.4) is 0 Å². The van der Waals surface area contributed by atoms with Crippen molar-refractivity contribution in [3.8, 4) is 0 Å². The second-order valence-corrected chi connectivity index (χ2v) is 3.60. The Hall–Kier alpha value is -2.04. The molecule has 0 atom stereocenters. The summed E-state index contributed by atoms with van der Waals surface area (Å²) in [5, 5.41) is 7.64. The topological polar surface area (TPSA) is 60.7 Å². The number of rotatable bonds is 4. The number of nitrogens with zero attached hydrogens (tertiary/aromatic N) is 4. The molecule has 0 fully saturated rings. The average Bonchev–Trinajstić information content (AvgIpc) is 2.65. The third-order valence-corrected chi connectivity index (χ3v) is 2.13. The maximum atomic E-state index is 11.7. The molecule has 0 spiro atoms. The van der Waals surface area contributed by atoms with Crippen LogP contribution in [0.5, 0.6) is 0 Å². The van der Waals surface area contributed by atoms with E-state index in [-0.39, 0.29) is 5.78 Å². The molecule has 82 valence electrons. The minimum Gasteiger partial charge on any atom is -0.299 e. The SMILES string of the molecule is Cn1cc(CC(=O)Cc2ccccn2)nn1. The van der Waals surface area contributed by atoms with E-state index in [0.717, 1.165) is 5.69 Å². The van der Waals surface area contributed by atoms with Gasteiger partial charge in [0.05, 0.1) is 12.1 Å². The molecule has 0 aliphatic carbocycles. The van der Waals surface area contributed by atoms with Gasteiger partial charge in [-0.3, -0.25) is 14.5 Å². The Bertz CT molecular complexity index is 478. The Morgan fingerprint density at radius 1 is 1.31 bits per heavy atom. The van der Waals surface area contributed by atoms with Crippen LogP contribution in [-0.4, -0.2) is 25.8 Å². The maximum absolute atomic E-state index is 11.7. The molecule has 0 amide bonds. The van der Waals surface area contributed by atoms with Crippen LogP contribution in [0.25, 0.3) is 0 Å². The van der Waals surface area contributed by atoms with Crippen molar-refractivity contribution in [2.75, 3.05) is 0 Å². The number of carbonyl (C=O) groups excluding carboxylic acids is 1. The number of ketones is 1. The molecule has 0 aromatic carbocycles. The molecule has 2 aromatic heterocycles. The van der Waals surface area contributed by atoms with Gasteiger partial charge in [-0.05, 0) is 12.1 Å². The van der Waals surface area contributed by atoms with Crippen LogP contribution in [0, 0.1) is 0 Å². The van der Waals surface area contributed by atoms with Crippen LogP contribution >= 0.6 is 0 Å². The second kappa shape index (κ2) is 4.65. The summed E-state index contributed by atoms with van der Waals surface area (Å²) >= 11 is 0. The van der Waals surface area contributed by atoms with Gasteiger partial charge in [0, 0.05) is 31.6 Å². The molecule has 0 bridgehead atoms. The van der Waals surface area contributed by atoms with Crippen molar-refractivity contribution in [3.05, 3.63) is 42.0 Å². The molecule has 0 saturated carbocycles. The summed E-state index contributed by atoms with van der Waals surface area (Å²) in [5.74, 6) is 0.0965. The number of aryl methyl sites for hydroxylation is 1. The van der Waals surface area contributed by atoms with Crippen molar-refractivity contribution in [2.45, 2.75) is 12.8 Å². The Labute approximate surface area is 93.1 Å². The molecule has 0 N–H and O–H groups in total. The van der Waals surface area contributed by atoms with E-state index < -0.39 is 0 Å². The number of hydrogen-bond donors (Lipinski definition) is 0. The van der Waals surface area contributed by atoms with Gasteiger partial charge in [0.25, 0.3) is 0 Å². The van der Waals surface area contributed by atoms with E-state index in [9.17, 15) is 4.79 Å². The van der Waals surface area contributed by atoms with Crippen molar-refractivity contribution in [1.29, 1.82) is 0 Å². The molecule has 2 heterocycles. The third kappa shape index (κ3) is 2.73. The highest BCUT2D eigenvalue weighted by molar-refractivity contribution is 5.82. The van der Waals surface area contributed by atoms with Crippen molar-refractivity contribution >= 4 is 5.78 Å².